The van der Waals surface area contributed by atoms with Crippen molar-refractivity contribution in [1.82, 2.24) is 0 Å². The summed E-state index contributed by atoms with van der Waals surface area (Å²) in [6.45, 7) is 27.0. The molecule has 0 amide bonds. The van der Waals surface area contributed by atoms with Crippen molar-refractivity contribution < 1.29 is 9.05 Å². The molecule has 2 nitrogen and oxygen atoms in total. The smallest absolute Gasteiger partial charge is 0.401 e. The molecule has 3 rings (SSSR count). The SMILES string of the molecule is CC(C)(C)c1cc2c(c(C(C)(C)C)c1)OP(Cl)Oc1c(cc(C(C)(C)C)cc1C(C)(C)C)C2. The molecule has 0 saturated heterocycles. The van der Waals surface area contributed by atoms with Gasteiger partial charge in [-0.15, -0.1) is 0 Å². The summed E-state index contributed by atoms with van der Waals surface area (Å²) in [4.78, 5) is 0. The maximum absolute atomic E-state index is 6.77. The first-order chi connectivity index (χ1) is 14.8. The molecular formula is C29H42ClO2P. The Kier molecular flexibility index (Phi) is 6.76. The molecule has 0 N–H and O–H groups in total. The van der Waals surface area contributed by atoms with Crippen molar-refractivity contribution in [2.45, 2.75) is 111 Å². The number of benzene rings is 2. The molecule has 4 heteroatoms. The van der Waals surface area contributed by atoms with Gasteiger partial charge in [0.2, 0.25) is 0 Å². The highest BCUT2D eigenvalue weighted by Crippen LogP contribution is 2.54. The van der Waals surface area contributed by atoms with Gasteiger partial charge in [-0.25, -0.2) is 0 Å². The van der Waals surface area contributed by atoms with E-state index in [9.17, 15) is 0 Å². The number of hydrogen-bond donors (Lipinski definition) is 0. The summed E-state index contributed by atoms with van der Waals surface area (Å²) < 4.78 is 12.8. The van der Waals surface area contributed by atoms with Crippen molar-refractivity contribution in [2.75, 3.05) is 0 Å². The average molecular weight is 489 g/mol. The zero-order valence-electron chi connectivity index (χ0n) is 22.7. The minimum atomic E-state index is -1.64. The number of halogens is 1. The van der Waals surface area contributed by atoms with E-state index in [4.69, 9.17) is 20.3 Å². The van der Waals surface area contributed by atoms with Crippen LogP contribution >= 0.6 is 19.0 Å². The molecule has 1 aliphatic rings. The highest BCUT2D eigenvalue weighted by Gasteiger charge is 2.33. The van der Waals surface area contributed by atoms with E-state index >= 15 is 0 Å². The molecular weight excluding hydrogens is 447 g/mol. The monoisotopic (exact) mass is 488 g/mol. The third kappa shape index (κ3) is 5.71. The van der Waals surface area contributed by atoms with E-state index in [1.54, 1.807) is 0 Å². The summed E-state index contributed by atoms with van der Waals surface area (Å²) in [6, 6.07) is 9.24. The van der Waals surface area contributed by atoms with Gasteiger partial charge >= 0.3 is 7.73 Å². The lowest BCUT2D eigenvalue weighted by molar-refractivity contribution is 0.458. The van der Waals surface area contributed by atoms with Crippen molar-refractivity contribution in [3.63, 3.8) is 0 Å². The van der Waals surface area contributed by atoms with Gasteiger partial charge in [0.05, 0.1) is 0 Å². The van der Waals surface area contributed by atoms with Crippen LogP contribution in [0.15, 0.2) is 24.3 Å². The molecule has 1 aliphatic heterocycles. The van der Waals surface area contributed by atoms with Crippen molar-refractivity contribution in [1.29, 1.82) is 0 Å². The van der Waals surface area contributed by atoms with E-state index in [2.05, 4.69) is 107 Å². The fourth-order valence-corrected chi connectivity index (χ4v) is 5.37. The molecule has 0 aliphatic carbocycles. The van der Waals surface area contributed by atoms with Gasteiger partial charge in [0.1, 0.15) is 11.5 Å². The molecule has 2 aromatic carbocycles. The maximum Gasteiger partial charge on any atom is 0.401 e. The molecule has 0 spiro atoms. The minimum absolute atomic E-state index is 0.0340. The zero-order chi connectivity index (χ0) is 25.1. The van der Waals surface area contributed by atoms with Gasteiger partial charge in [0.15, 0.2) is 0 Å². The molecule has 182 valence electrons. The fourth-order valence-electron chi connectivity index (χ4n) is 4.20. The Balaban J connectivity index is 2.36. The highest BCUT2D eigenvalue weighted by atomic mass is 35.7. The molecule has 2 aromatic rings. The van der Waals surface area contributed by atoms with Crippen LogP contribution in [-0.2, 0) is 28.1 Å². The third-order valence-electron chi connectivity index (χ3n) is 6.39. The molecule has 1 heterocycles. The molecule has 0 aromatic heterocycles. The molecule has 33 heavy (non-hydrogen) atoms. The first-order valence-corrected chi connectivity index (χ1v) is 14.0. The van der Waals surface area contributed by atoms with Crippen molar-refractivity contribution >= 4 is 19.0 Å². The molecule has 0 radical (unpaired) electrons. The lowest BCUT2D eigenvalue weighted by Crippen LogP contribution is -2.21. The first kappa shape index (κ1) is 26.4. The van der Waals surface area contributed by atoms with E-state index < -0.39 is 7.73 Å². The summed E-state index contributed by atoms with van der Waals surface area (Å²) in [5, 5.41) is 0. The number of fused-ring (bicyclic) bond motifs is 2. The van der Waals surface area contributed by atoms with E-state index in [1.807, 2.05) is 0 Å². The first-order valence-electron chi connectivity index (χ1n) is 12.0. The number of hydrogen-bond acceptors (Lipinski definition) is 2. The van der Waals surface area contributed by atoms with Crippen LogP contribution in [0.25, 0.3) is 0 Å². The van der Waals surface area contributed by atoms with Crippen molar-refractivity contribution in [3.8, 4) is 11.5 Å². The van der Waals surface area contributed by atoms with Crippen LogP contribution in [0.4, 0.5) is 0 Å². The van der Waals surface area contributed by atoms with Crippen LogP contribution in [0, 0.1) is 0 Å². The van der Waals surface area contributed by atoms with Gasteiger partial charge in [-0.3, -0.25) is 0 Å². The van der Waals surface area contributed by atoms with Gasteiger partial charge in [-0.1, -0.05) is 107 Å². The van der Waals surface area contributed by atoms with Crippen molar-refractivity contribution in [3.05, 3.63) is 57.6 Å². The Morgan fingerprint density at radius 2 is 0.909 bits per heavy atom. The van der Waals surface area contributed by atoms with Crippen LogP contribution in [0.2, 0.25) is 0 Å². The zero-order valence-corrected chi connectivity index (χ0v) is 24.3. The van der Waals surface area contributed by atoms with Crippen molar-refractivity contribution in [2.24, 2.45) is 0 Å². The Hall–Kier alpha value is -1.24. The van der Waals surface area contributed by atoms with Crippen LogP contribution in [0.3, 0.4) is 0 Å². The normalized spacial score (nSPS) is 15.7. The van der Waals surface area contributed by atoms with Crippen LogP contribution in [0.1, 0.15) is 116 Å². The van der Waals surface area contributed by atoms with E-state index in [-0.39, 0.29) is 21.7 Å². The lowest BCUT2D eigenvalue weighted by Gasteiger charge is -2.33. The van der Waals surface area contributed by atoms with Crippen LogP contribution in [-0.4, -0.2) is 0 Å². The van der Waals surface area contributed by atoms with Gasteiger partial charge in [0, 0.05) is 17.5 Å². The molecule has 0 unspecified atom stereocenters. The summed E-state index contributed by atoms with van der Waals surface area (Å²) in [5.74, 6) is 1.78. The Morgan fingerprint density at radius 3 is 1.18 bits per heavy atom. The molecule has 0 bridgehead atoms. The summed E-state index contributed by atoms with van der Waals surface area (Å²) in [5.41, 5.74) is 7.31. The second-order valence-electron chi connectivity index (χ2n) is 13.6. The Bertz CT molecular complexity index is 960. The molecule has 0 atom stereocenters. The Labute approximate surface area is 208 Å². The summed E-state index contributed by atoms with van der Waals surface area (Å²) in [7, 11) is -1.64. The van der Waals surface area contributed by atoms with E-state index in [0.29, 0.717) is 0 Å². The number of rotatable bonds is 0. The van der Waals surface area contributed by atoms with Crippen LogP contribution in [0.5, 0.6) is 11.5 Å². The van der Waals surface area contributed by atoms with Gasteiger partial charge in [0.25, 0.3) is 0 Å². The standard InChI is InChI=1S/C29H42ClO2P/c1-26(2,3)20-14-18-13-19-15-21(27(4,5)6)17-23(29(10,11)12)25(19)32-33(30)31-24(18)22(16-20)28(7,8)9/h14-17H,13H2,1-12H3. The fraction of sp³-hybridized carbons (Fsp3) is 0.586. The summed E-state index contributed by atoms with van der Waals surface area (Å²) >= 11 is 6.77. The predicted octanol–water partition coefficient (Wildman–Crippen LogP) is 9.70. The maximum atomic E-state index is 6.77. The van der Waals surface area contributed by atoms with Gasteiger partial charge in [-0.05, 0) is 55.2 Å². The summed E-state index contributed by atoms with van der Waals surface area (Å²) in [6.07, 6.45) is 0.755. The highest BCUT2D eigenvalue weighted by molar-refractivity contribution is 7.76. The second-order valence-corrected chi connectivity index (χ2v) is 15.2. The van der Waals surface area contributed by atoms with Gasteiger partial charge in [-0.2, -0.15) is 0 Å². The Morgan fingerprint density at radius 1 is 0.576 bits per heavy atom. The van der Waals surface area contributed by atoms with Crippen LogP contribution < -0.4 is 9.05 Å². The average Bonchev–Trinajstić information content (AvgIpc) is 2.58. The second kappa shape index (κ2) is 8.46. The minimum Gasteiger partial charge on any atom is -0.427 e. The topological polar surface area (TPSA) is 18.5 Å². The molecule has 0 saturated carbocycles. The quantitative estimate of drug-likeness (QED) is 0.343. The predicted molar refractivity (Wildman–Crippen MR) is 145 cm³/mol. The lowest BCUT2D eigenvalue weighted by atomic mass is 9.76. The van der Waals surface area contributed by atoms with Gasteiger partial charge < -0.3 is 9.05 Å². The van der Waals surface area contributed by atoms with E-state index in [0.717, 1.165) is 17.9 Å². The third-order valence-corrected chi connectivity index (χ3v) is 7.45. The largest absolute Gasteiger partial charge is 0.427 e. The van der Waals surface area contributed by atoms with E-state index in [1.165, 1.54) is 33.4 Å². The molecule has 0 fully saturated rings.